The van der Waals surface area contributed by atoms with Gasteiger partial charge in [0.1, 0.15) is 23.0 Å². The average molecular weight is 441 g/mol. The lowest BCUT2D eigenvalue weighted by Crippen LogP contribution is -2.33. The molecule has 0 aromatic heterocycles. The van der Waals surface area contributed by atoms with Crippen molar-refractivity contribution in [3.63, 3.8) is 0 Å². The minimum Gasteiger partial charge on any atom is -0.288 e. The summed E-state index contributed by atoms with van der Waals surface area (Å²) in [6, 6.07) is 33.0. The van der Waals surface area contributed by atoms with Gasteiger partial charge in [-0.15, -0.1) is 0 Å². The Morgan fingerprint density at radius 1 is 0.625 bits per heavy atom. The van der Waals surface area contributed by atoms with Gasteiger partial charge in [-0.25, -0.2) is 8.78 Å². The molecule has 0 aliphatic rings. The van der Waals surface area contributed by atoms with Gasteiger partial charge < -0.3 is 0 Å². The quantitative estimate of drug-likeness (QED) is 0.329. The van der Waals surface area contributed by atoms with Crippen LogP contribution in [0.5, 0.6) is 0 Å². The topological polar surface area (TPSA) is 40.9 Å². The first-order valence-electron chi connectivity index (χ1n) is 9.93. The Morgan fingerprint density at radius 3 is 1.34 bits per heavy atom. The molecular formula is C27H18F2NOP. The maximum absolute atomic E-state index is 14.6. The summed E-state index contributed by atoms with van der Waals surface area (Å²) in [6.45, 7) is -3.05. The minimum absolute atomic E-state index is 0.176. The van der Waals surface area contributed by atoms with Gasteiger partial charge in [0.15, 0.2) is 0 Å². The van der Waals surface area contributed by atoms with Crippen LogP contribution in [0.2, 0.25) is 0 Å². The molecule has 32 heavy (non-hydrogen) atoms. The molecule has 0 saturated carbocycles. The fourth-order valence-corrected chi connectivity index (χ4v) is 7.99. The van der Waals surface area contributed by atoms with Crippen LogP contribution in [0.4, 0.5) is 8.78 Å². The van der Waals surface area contributed by atoms with E-state index in [-0.39, 0.29) is 5.29 Å². The highest BCUT2D eigenvalue weighted by Gasteiger charge is 2.35. The van der Waals surface area contributed by atoms with E-state index >= 15 is 0 Å². The van der Waals surface area contributed by atoms with E-state index in [1.807, 2.05) is 91.0 Å². The van der Waals surface area contributed by atoms with Crippen molar-refractivity contribution in [2.24, 2.45) is 0 Å². The highest BCUT2D eigenvalue weighted by molar-refractivity contribution is 7.97. The summed E-state index contributed by atoms with van der Waals surface area (Å²) in [6.07, 6.45) is 0. The third-order valence-electron chi connectivity index (χ3n) is 5.28. The number of nitriles is 1. The third-order valence-corrected chi connectivity index (χ3v) is 9.47. The van der Waals surface area contributed by atoms with Crippen LogP contribution in [0.25, 0.3) is 0 Å². The van der Waals surface area contributed by atoms with Gasteiger partial charge in [0.25, 0.3) is 0 Å². The molecule has 0 unspecified atom stereocenters. The van der Waals surface area contributed by atoms with Crippen molar-refractivity contribution >= 4 is 33.9 Å². The zero-order valence-corrected chi connectivity index (χ0v) is 17.8. The number of rotatable bonds is 5. The number of benzene rings is 4. The first-order valence-corrected chi connectivity index (χ1v) is 11.7. The number of hydrogen-bond donors (Lipinski definition) is 0. The Balaban J connectivity index is 2.24. The zero-order chi connectivity index (χ0) is 22.6. The molecule has 0 radical (unpaired) electrons. The van der Waals surface area contributed by atoms with Crippen molar-refractivity contribution in [3.05, 3.63) is 126 Å². The lowest BCUT2D eigenvalue weighted by Gasteiger charge is -2.30. The number of nitrogens with zero attached hydrogens (tertiary/aromatic N) is 1. The molecule has 0 heterocycles. The molecule has 2 nitrogen and oxygen atoms in total. The molecule has 0 saturated heterocycles. The molecule has 0 N–H and O–H groups in total. The first kappa shape index (κ1) is 21.4. The predicted octanol–water partition coefficient (Wildman–Crippen LogP) is 4.84. The summed E-state index contributed by atoms with van der Waals surface area (Å²) in [4.78, 5) is 13.7. The Hall–Kier alpha value is -3.80. The van der Waals surface area contributed by atoms with Gasteiger partial charge >= 0.3 is 0 Å². The summed E-state index contributed by atoms with van der Waals surface area (Å²) in [5, 5.41) is 12.4. The van der Waals surface area contributed by atoms with Gasteiger partial charge in [-0.05, 0) is 34.9 Å². The normalized spacial score (nSPS) is 10.9. The van der Waals surface area contributed by atoms with E-state index in [1.54, 1.807) is 0 Å². The van der Waals surface area contributed by atoms with E-state index in [9.17, 15) is 18.8 Å². The largest absolute Gasteiger partial charge is 0.288 e. The van der Waals surface area contributed by atoms with E-state index in [2.05, 4.69) is 6.07 Å². The lowest BCUT2D eigenvalue weighted by molar-refractivity contribution is 0.106. The number of Topliss-reactive ketones (excluding diaryl/α,β-unsaturated/α-hetero) is 1. The van der Waals surface area contributed by atoms with Crippen LogP contribution in [0.15, 0.2) is 109 Å². The summed E-state index contributed by atoms with van der Waals surface area (Å²) in [5.74, 6) is -2.92. The van der Waals surface area contributed by atoms with Crippen LogP contribution in [0.1, 0.15) is 10.4 Å². The van der Waals surface area contributed by atoms with E-state index in [0.29, 0.717) is 0 Å². The fourth-order valence-electron chi connectivity index (χ4n) is 3.90. The average Bonchev–Trinajstić information content (AvgIpc) is 2.84. The van der Waals surface area contributed by atoms with Gasteiger partial charge in [0.05, 0.1) is 5.56 Å². The minimum atomic E-state index is -3.05. The molecule has 0 amide bonds. The molecular weight excluding hydrogens is 423 g/mol. The van der Waals surface area contributed by atoms with Gasteiger partial charge in [-0.2, -0.15) is 5.26 Å². The van der Waals surface area contributed by atoms with Crippen molar-refractivity contribution < 1.29 is 13.6 Å². The summed E-state index contributed by atoms with van der Waals surface area (Å²) >= 11 is 0. The number of hydrogen-bond acceptors (Lipinski definition) is 2. The number of halogens is 2. The zero-order valence-electron chi connectivity index (χ0n) is 17.0. The predicted molar refractivity (Wildman–Crippen MR) is 126 cm³/mol. The van der Waals surface area contributed by atoms with Crippen LogP contribution in [0, 0.1) is 23.0 Å². The fraction of sp³-hybridized carbons (Fsp3) is 0. The number of carbonyl (C=O) groups excluding carboxylic acids is 1. The van der Waals surface area contributed by atoms with Crippen molar-refractivity contribution in [3.8, 4) is 6.07 Å². The third kappa shape index (κ3) is 3.58. The molecule has 0 atom stereocenters. The summed E-state index contributed by atoms with van der Waals surface area (Å²) in [5.41, 5.74) is -0.712. The van der Waals surface area contributed by atoms with E-state index in [0.717, 1.165) is 28.0 Å². The second kappa shape index (κ2) is 9.14. The molecule has 5 heteroatoms. The Kier molecular flexibility index (Phi) is 6.12. The van der Waals surface area contributed by atoms with Crippen molar-refractivity contribution in [2.75, 3.05) is 0 Å². The Bertz CT molecular complexity index is 1240. The van der Waals surface area contributed by atoms with Crippen LogP contribution in [0.3, 0.4) is 0 Å². The molecule has 0 aliphatic carbocycles. The molecule has 0 fully saturated rings. The first-order chi connectivity index (χ1) is 15.6. The van der Waals surface area contributed by atoms with Gasteiger partial charge in [0.2, 0.25) is 5.78 Å². The van der Waals surface area contributed by atoms with E-state index < -0.39 is 29.9 Å². The van der Waals surface area contributed by atoms with Crippen LogP contribution < -0.4 is 15.9 Å². The maximum atomic E-state index is 14.6. The summed E-state index contributed by atoms with van der Waals surface area (Å²) in [7, 11) is 0. The Morgan fingerprint density at radius 2 is 1.00 bits per heavy atom. The second-order valence-corrected chi connectivity index (χ2v) is 10.4. The Labute approximate surface area is 185 Å². The number of carbonyl (C=O) groups is 1. The summed E-state index contributed by atoms with van der Waals surface area (Å²) < 4.78 is 29.2. The molecule has 4 aromatic carbocycles. The van der Waals surface area contributed by atoms with Gasteiger partial charge in [-0.1, -0.05) is 97.1 Å². The van der Waals surface area contributed by atoms with Gasteiger partial charge in [0, 0.05) is 0 Å². The van der Waals surface area contributed by atoms with Crippen molar-refractivity contribution in [2.45, 2.75) is 0 Å². The maximum Gasteiger partial charge on any atom is 0.210 e. The van der Waals surface area contributed by atoms with Crippen LogP contribution >= 0.6 is 6.89 Å². The SMILES string of the molecule is N#CC(C(=O)c1c(F)cccc1F)=P(c1ccccc1)(c1ccccc1)c1ccccc1. The molecule has 0 spiro atoms. The molecule has 0 aliphatic heterocycles. The highest BCUT2D eigenvalue weighted by atomic mass is 31.2. The second-order valence-electron chi connectivity index (χ2n) is 7.06. The highest BCUT2D eigenvalue weighted by Crippen LogP contribution is 2.46. The molecule has 0 bridgehead atoms. The van der Waals surface area contributed by atoms with E-state index in [1.165, 1.54) is 6.07 Å². The van der Waals surface area contributed by atoms with Crippen LogP contribution in [-0.2, 0) is 0 Å². The van der Waals surface area contributed by atoms with Gasteiger partial charge in [-0.3, -0.25) is 4.79 Å². The number of ketones is 1. The molecule has 4 aromatic rings. The smallest absolute Gasteiger partial charge is 0.210 e. The van der Waals surface area contributed by atoms with Crippen molar-refractivity contribution in [1.82, 2.24) is 0 Å². The lowest BCUT2D eigenvalue weighted by atomic mass is 10.1. The monoisotopic (exact) mass is 441 g/mol. The van der Waals surface area contributed by atoms with Crippen molar-refractivity contribution in [1.29, 1.82) is 5.26 Å². The van der Waals surface area contributed by atoms with E-state index in [4.69, 9.17) is 0 Å². The molecule has 156 valence electrons. The van der Waals surface area contributed by atoms with Crippen LogP contribution in [-0.4, -0.2) is 11.1 Å². The molecule has 4 rings (SSSR count). The standard InChI is InChI=1S/C27H18F2NOP/c28-23-17-10-18-24(29)26(23)27(31)25(19-30)32(20-11-4-1-5-12-20,21-13-6-2-7-14-21)22-15-8-3-9-16-22/h1-18H.